The van der Waals surface area contributed by atoms with E-state index in [1.807, 2.05) is 0 Å². The van der Waals surface area contributed by atoms with Crippen LogP contribution in [0.25, 0.3) is 0 Å². The zero-order valence-electron chi connectivity index (χ0n) is 16.7. The largest absolute Gasteiger partial charge is 0.410 e. The summed E-state index contributed by atoms with van der Waals surface area (Å²) in [4.78, 5) is 26.1. The van der Waals surface area contributed by atoms with Crippen molar-refractivity contribution in [2.24, 2.45) is 0 Å². The first-order valence-corrected chi connectivity index (χ1v) is 11.7. The molecule has 0 saturated carbocycles. The van der Waals surface area contributed by atoms with Gasteiger partial charge in [-0.3, -0.25) is 14.3 Å². The monoisotopic (exact) mass is 384 g/mol. The van der Waals surface area contributed by atoms with Crippen molar-refractivity contribution in [3.8, 4) is 0 Å². The van der Waals surface area contributed by atoms with Crippen LogP contribution in [0.5, 0.6) is 0 Å². The van der Waals surface area contributed by atoms with Gasteiger partial charge in [0.25, 0.3) is 5.56 Å². The molecule has 1 aromatic heterocycles. The summed E-state index contributed by atoms with van der Waals surface area (Å²) in [6.07, 6.45) is 0.681. The maximum absolute atomic E-state index is 12.2. The highest BCUT2D eigenvalue weighted by molar-refractivity contribution is 6.76. The quantitative estimate of drug-likeness (QED) is 0.734. The molecular weight excluding hydrogens is 352 g/mol. The fourth-order valence-corrected chi connectivity index (χ4v) is 8.04. The molecule has 8 heteroatoms. The predicted molar refractivity (Wildman–Crippen MR) is 103 cm³/mol. The molecule has 1 saturated heterocycles. The third-order valence-electron chi connectivity index (χ3n) is 5.70. The minimum absolute atomic E-state index is 0.0556. The summed E-state index contributed by atoms with van der Waals surface area (Å²) < 4.78 is 14.0. The van der Waals surface area contributed by atoms with Gasteiger partial charge in [-0.25, -0.2) is 4.79 Å². The number of aromatic amines is 1. The van der Waals surface area contributed by atoms with E-state index in [-0.39, 0.29) is 17.7 Å². The smallest absolute Gasteiger partial charge is 0.330 e. The van der Waals surface area contributed by atoms with Crippen LogP contribution in [0.1, 0.15) is 52.8 Å². The number of hydrogen-bond donors (Lipinski definition) is 2. The fourth-order valence-electron chi connectivity index (χ4n) is 3.90. The molecular formula is C18H32N2O5Si. The number of nitrogens with zero attached hydrogens (tertiary/aromatic N) is 1. The number of rotatable bonds is 6. The summed E-state index contributed by atoms with van der Waals surface area (Å²) in [5, 5.41) is 9.83. The molecule has 7 nitrogen and oxygen atoms in total. The molecule has 2 N–H and O–H groups in total. The van der Waals surface area contributed by atoms with Crippen LogP contribution in [-0.4, -0.2) is 41.8 Å². The zero-order valence-corrected chi connectivity index (χ0v) is 17.7. The van der Waals surface area contributed by atoms with Gasteiger partial charge >= 0.3 is 5.69 Å². The number of nitrogens with one attached hydrogen (secondary N) is 1. The second-order valence-corrected chi connectivity index (χ2v) is 13.3. The average molecular weight is 385 g/mol. The first kappa shape index (κ1) is 21.1. The van der Waals surface area contributed by atoms with Gasteiger partial charge in [0, 0.05) is 18.2 Å². The second-order valence-electron chi connectivity index (χ2n) is 8.13. The van der Waals surface area contributed by atoms with Crippen LogP contribution in [0.2, 0.25) is 17.1 Å². The lowest BCUT2D eigenvalue weighted by Crippen LogP contribution is -2.50. The van der Waals surface area contributed by atoms with E-state index in [1.165, 1.54) is 10.8 Å². The van der Waals surface area contributed by atoms with E-state index in [0.717, 1.165) is 12.1 Å². The summed E-state index contributed by atoms with van der Waals surface area (Å²) in [5.74, 6) is 0. The number of aromatic nitrogens is 2. The molecule has 148 valence electrons. The van der Waals surface area contributed by atoms with E-state index in [0.29, 0.717) is 12.0 Å². The normalized spacial score (nSPS) is 24.2. The van der Waals surface area contributed by atoms with E-state index >= 15 is 0 Å². The minimum Gasteiger partial charge on any atom is -0.410 e. The first-order valence-electron chi connectivity index (χ1n) is 9.34. The lowest BCUT2D eigenvalue weighted by atomic mass is 10.2. The Hall–Kier alpha value is -1.22. The van der Waals surface area contributed by atoms with E-state index in [2.05, 4.69) is 39.6 Å². The van der Waals surface area contributed by atoms with Crippen LogP contribution in [0, 0.1) is 6.92 Å². The average Bonchev–Trinajstić information content (AvgIpc) is 2.97. The second kappa shape index (κ2) is 7.80. The Morgan fingerprint density at radius 2 is 1.96 bits per heavy atom. The molecule has 2 rings (SSSR count). The number of aliphatic hydroxyl groups excluding tert-OH is 1. The molecule has 0 spiro atoms. The van der Waals surface area contributed by atoms with Crippen LogP contribution < -0.4 is 11.2 Å². The first-order chi connectivity index (χ1) is 12.1. The van der Waals surface area contributed by atoms with Gasteiger partial charge < -0.3 is 14.3 Å². The number of aliphatic hydroxyl groups is 1. The van der Waals surface area contributed by atoms with Gasteiger partial charge in [0.15, 0.2) is 8.32 Å². The van der Waals surface area contributed by atoms with Crippen LogP contribution in [-0.2, 0) is 9.16 Å². The molecule has 26 heavy (non-hydrogen) atoms. The number of ether oxygens (including phenoxy) is 1. The topological polar surface area (TPSA) is 93.6 Å². The van der Waals surface area contributed by atoms with E-state index in [9.17, 15) is 14.7 Å². The van der Waals surface area contributed by atoms with Gasteiger partial charge in [-0.05, 0) is 24.1 Å². The highest BCUT2D eigenvalue weighted by Gasteiger charge is 2.48. The molecule has 2 heterocycles. The van der Waals surface area contributed by atoms with Crippen molar-refractivity contribution in [1.82, 2.24) is 9.55 Å². The molecule has 0 aromatic carbocycles. The SMILES string of the molecule is CC[Si](CC)(OC1C[C@H](n2cc(C)c(=O)[nH]c2=O)O[C@@H]1CO)C(C)(C)C. The highest BCUT2D eigenvalue weighted by Crippen LogP contribution is 2.45. The van der Waals surface area contributed by atoms with E-state index in [1.54, 1.807) is 6.92 Å². The highest BCUT2D eigenvalue weighted by atomic mass is 28.4. The summed E-state index contributed by atoms with van der Waals surface area (Å²) in [6.45, 7) is 12.4. The van der Waals surface area contributed by atoms with Gasteiger partial charge in [0.05, 0.1) is 12.7 Å². The lowest BCUT2D eigenvalue weighted by molar-refractivity contribution is -0.0442. The molecule has 0 bridgehead atoms. The summed E-state index contributed by atoms with van der Waals surface area (Å²) in [7, 11) is -2.07. The van der Waals surface area contributed by atoms with Gasteiger partial charge in [-0.1, -0.05) is 34.6 Å². The predicted octanol–water partition coefficient (Wildman–Crippen LogP) is 2.30. The molecule has 3 atom stereocenters. The third kappa shape index (κ3) is 3.88. The van der Waals surface area contributed by atoms with E-state index in [4.69, 9.17) is 9.16 Å². The molecule has 0 aliphatic carbocycles. The van der Waals surface area contributed by atoms with Crippen molar-refractivity contribution >= 4 is 8.32 Å². The van der Waals surface area contributed by atoms with Crippen LogP contribution in [0.4, 0.5) is 0 Å². The Labute approximate surface area is 155 Å². The number of aryl methyl sites for hydroxylation is 1. The molecule has 0 radical (unpaired) electrons. The maximum atomic E-state index is 12.2. The lowest BCUT2D eigenvalue weighted by Gasteiger charge is -2.43. The van der Waals surface area contributed by atoms with Crippen molar-refractivity contribution in [3.05, 3.63) is 32.6 Å². The van der Waals surface area contributed by atoms with Crippen LogP contribution in [0.15, 0.2) is 15.8 Å². The summed E-state index contributed by atoms with van der Waals surface area (Å²) in [6, 6.07) is 1.95. The van der Waals surface area contributed by atoms with Gasteiger partial charge in [-0.15, -0.1) is 0 Å². The Morgan fingerprint density at radius 3 is 2.46 bits per heavy atom. The van der Waals surface area contributed by atoms with Gasteiger partial charge in [-0.2, -0.15) is 0 Å². The van der Waals surface area contributed by atoms with Crippen LogP contribution >= 0.6 is 0 Å². The van der Waals surface area contributed by atoms with Crippen molar-refractivity contribution in [2.75, 3.05) is 6.61 Å². The molecule has 1 aromatic rings. The number of H-pyrrole nitrogens is 1. The Balaban J connectivity index is 2.31. The van der Waals surface area contributed by atoms with Crippen molar-refractivity contribution in [2.45, 2.75) is 83.5 Å². The van der Waals surface area contributed by atoms with E-state index < -0.39 is 31.9 Å². The zero-order chi connectivity index (χ0) is 19.7. The summed E-state index contributed by atoms with van der Waals surface area (Å²) in [5.41, 5.74) is -0.459. The van der Waals surface area contributed by atoms with Crippen molar-refractivity contribution in [1.29, 1.82) is 0 Å². The molecule has 0 amide bonds. The third-order valence-corrected chi connectivity index (χ3v) is 11.5. The van der Waals surface area contributed by atoms with Crippen molar-refractivity contribution in [3.63, 3.8) is 0 Å². The molecule has 1 fully saturated rings. The Kier molecular flexibility index (Phi) is 6.32. The fraction of sp³-hybridized carbons (Fsp3) is 0.778. The standard InChI is InChI=1S/C18H32N2O5Si/c1-7-26(8-2,18(4,5)6)25-13-9-15(24-14(13)11-21)20-10-12(3)16(22)19-17(20)23/h10,13-15,21H,7-9,11H2,1-6H3,(H,19,22,23)/t13?,14-,15-/m1/s1. The minimum atomic E-state index is -2.07. The molecule has 1 aliphatic rings. The Bertz CT molecular complexity index is 732. The van der Waals surface area contributed by atoms with Crippen LogP contribution in [0.3, 0.4) is 0 Å². The van der Waals surface area contributed by atoms with Crippen molar-refractivity contribution < 1.29 is 14.3 Å². The van der Waals surface area contributed by atoms with Gasteiger partial charge in [0.1, 0.15) is 12.3 Å². The maximum Gasteiger partial charge on any atom is 0.330 e. The summed E-state index contributed by atoms with van der Waals surface area (Å²) >= 11 is 0. The molecule has 1 unspecified atom stereocenters. The van der Waals surface area contributed by atoms with Gasteiger partial charge in [0.2, 0.25) is 0 Å². The molecule has 1 aliphatic heterocycles. The number of hydrogen-bond acceptors (Lipinski definition) is 5. The Morgan fingerprint density at radius 1 is 1.35 bits per heavy atom.